The number of hydrogen-bond donors (Lipinski definition) is 2. The molecule has 2 aliphatic carbocycles. The quantitative estimate of drug-likeness (QED) is 0.800. The minimum absolute atomic E-state index is 0.196. The van der Waals surface area contributed by atoms with E-state index < -0.39 is 17.6 Å². The van der Waals surface area contributed by atoms with Gasteiger partial charge >= 0.3 is 5.97 Å². The first-order chi connectivity index (χ1) is 12.5. The molecule has 2 aromatic rings. The van der Waals surface area contributed by atoms with Gasteiger partial charge in [-0.05, 0) is 72.3 Å². The Morgan fingerprint density at radius 2 is 1.88 bits per heavy atom. The van der Waals surface area contributed by atoms with Crippen LogP contribution in [0.3, 0.4) is 0 Å². The molecule has 0 unspecified atom stereocenters. The Balaban J connectivity index is 1.67. The number of rotatable bonds is 2. The summed E-state index contributed by atoms with van der Waals surface area (Å²) in [6.07, 6.45) is 3.45. The lowest BCUT2D eigenvalue weighted by Gasteiger charge is -2.44. The van der Waals surface area contributed by atoms with Gasteiger partial charge in [-0.1, -0.05) is 18.2 Å². The van der Waals surface area contributed by atoms with E-state index in [0.717, 1.165) is 30.9 Å². The second-order valence-corrected chi connectivity index (χ2v) is 7.81. The van der Waals surface area contributed by atoms with Gasteiger partial charge in [0.2, 0.25) is 0 Å². The van der Waals surface area contributed by atoms with Crippen molar-refractivity contribution in [2.75, 3.05) is 5.32 Å². The molecule has 26 heavy (non-hydrogen) atoms. The number of carboxylic acid groups (broad SMARTS) is 1. The second-order valence-electron chi connectivity index (χ2n) is 7.81. The molecule has 2 N–H and O–H groups in total. The number of fused-ring (bicyclic) bond motifs is 7. The summed E-state index contributed by atoms with van der Waals surface area (Å²) in [5.41, 5.74) is 2.65. The number of aromatic carboxylic acids is 1. The van der Waals surface area contributed by atoms with E-state index in [0.29, 0.717) is 23.1 Å². The van der Waals surface area contributed by atoms with Gasteiger partial charge in [-0.2, -0.15) is 0 Å². The van der Waals surface area contributed by atoms with Gasteiger partial charge < -0.3 is 10.4 Å². The van der Waals surface area contributed by atoms with Gasteiger partial charge in [-0.15, -0.1) is 0 Å². The molecule has 3 nitrogen and oxygen atoms in total. The molecule has 2 fully saturated rings. The third-order valence-electron chi connectivity index (χ3n) is 6.65. The maximum atomic E-state index is 13.9. The average molecular weight is 355 g/mol. The molecule has 134 valence electrons. The predicted molar refractivity (Wildman–Crippen MR) is 93.2 cm³/mol. The predicted octanol–water partition coefficient (Wildman–Crippen LogP) is 4.96. The minimum atomic E-state index is -0.972. The summed E-state index contributed by atoms with van der Waals surface area (Å²) in [6, 6.07) is 9.27. The van der Waals surface area contributed by atoms with Crippen LogP contribution < -0.4 is 5.32 Å². The average Bonchev–Trinajstić information content (AvgIpc) is 3.25. The minimum Gasteiger partial charge on any atom is -0.478 e. The molecule has 0 aromatic heterocycles. The molecule has 5 atom stereocenters. The fraction of sp³-hybridized carbons (Fsp3) is 0.381. The highest BCUT2D eigenvalue weighted by molar-refractivity contribution is 5.95. The molecule has 0 spiro atoms. The maximum absolute atomic E-state index is 13.9. The molecule has 0 saturated heterocycles. The number of carbonyl (C=O) groups is 1. The molecule has 2 aromatic carbocycles. The number of hydrogen-bond acceptors (Lipinski definition) is 2. The topological polar surface area (TPSA) is 49.3 Å². The Bertz CT molecular complexity index is 913. The van der Waals surface area contributed by atoms with Crippen molar-refractivity contribution in [3.63, 3.8) is 0 Å². The number of halogens is 2. The lowest BCUT2D eigenvalue weighted by Crippen LogP contribution is -2.36. The number of carboxylic acids is 1. The summed E-state index contributed by atoms with van der Waals surface area (Å²) in [5.74, 6) is -1.04. The van der Waals surface area contributed by atoms with Crippen molar-refractivity contribution in [2.24, 2.45) is 17.8 Å². The van der Waals surface area contributed by atoms with Crippen molar-refractivity contribution in [1.82, 2.24) is 0 Å². The van der Waals surface area contributed by atoms with Crippen molar-refractivity contribution >= 4 is 11.7 Å². The van der Waals surface area contributed by atoms with E-state index in [4.69, 9.17) is 0 Å². The fourth-order valence-corrected chi connectivity index (χ4v) is 5.73. The lowest BCUT2D eigenvalue weighted by molar-refractivity contribution is 0.0697. The molecule has 5 heteroatoms. The number of para-hydroxylation sites is 1. The van der Waals surface area contributed by atoms with Crippen LogP contribution in [0.2, 0.25) is 0 Å². The standard InChI is InChI=1S/C21H19F2NO2/c22-15-7-6-12(9-16(15)23)19-18-11-5-4-10(8-11)17(18)13-2-1-3-14(21(25)26)20(13)24-19/h1-3,6-7,9-11,17-19,24H,4-5,8H2,(H,25,26)/t10-,11-,17-,18+,19+/m1/s1. The van der Waals surface area contributed by atoms with Crippen molar-refractivity contribution < 1.29 is 18.7 Å². The van der Waals surface area contributed by atoms with Crippen LogP contribution in [0.4, 0.5) is 14.5 Å². The third-order valence-corrected chi connectivity index (χ3v) is 6.65. The molecule has 3 aliphatic rings. The zero-order valence-electron chi connectivity index (χ0n) is 14.1. The monoisotopic (exact) mass is 355 g/mol. The number of anilines is 1. The van der Waals surface area contributed by atoms with E-state index in [1.165, 1.54) is 6.07 Å². The summed E-state index contributed by atoms with van der Waals surface area (Å²) < 4.78 is 27.3. The van der Waals surface area contributed by atoms with E-state index in [-0.39, 0.29) is 23.4 Å². The zero-order valence-corrected chi connectivity index (χ0v) is 14.1. The van der Waals surface area contributed by atoms with Gasteiger partial charge in [0.15, 0.2) is 11.6 Å². The van der Waals surface area contributed by atoms with Crippen LogP contribution in [0.1, 0.15) is 52.7 Å². The van der Waals surface area contributed by atoms with Crippen molar-refractivity contribution in [3.8, 4) is 0 Å². The summed E-state index contributed by atoms with van der Waals surface area (Å²) in [4.78, 5) is 11.7. The van der Waals surface area contributed by atoms with Crippen LogP contribution in [0, 0.1) is 29.4 Å². The summed E-state index contributed by atoms with van der Waals surface area (Å²) in [7, 11) is 0. The van der Waals surface area contributed by atoms with Gasteiger partial charge in [0.1, 0.15) is 0 Å². The molecule has 1 aliphatic heterocycles. The lowest BCUT2D eigenvalue weighted by atomic mass is 9.67. The first kappa shape index (κ1) is 15.8. The van der Waals surface area contributed by atoms with Crippen molar-refractivity contribution in [3.05, 3.63) is 64.7 Å². The third kappa shape index (κ3) is 2.12. The highest BCUT2D eigenvalue weighted by Crippen LogP contribution is 2.64. The highest BCUT2D eigenvalue weighted by Gasteiger charge is 2.54. The van der Waals surface area contributed by atoms with E-state index in [1.807, 2.05) is 12.1 Å². The van der Waals surface area contributed by atoms with Gasteiger partial charge in [0.25, 0.3) is 0 Å². The molecule has 1 heterocycles. The Morgan fingerprint density at radius 3 is 2.65 bits per heavy atom. The summed E-state index contributed by atoms with van der Waals surface area (Å²) in [6.45, 7) is 0. The maximum Gasteiger partial charge on any atom is 0.337 e. The summed E-state index contributed by atoms with van der Waals surface area (Å²) in [5, 5.41) is 13.0. The second kappa shape index (κ2) is 5.53. The van der Waals surface area contributed by atoms with Crippen LogP contribution in [-0.2, 0) is 0 Å². The van der Waals surface area contributed by atoms with Crippen molar-refractivity contribution in [2.45, 2.75) is 31.2 Å². The van der Waals surface area contributed by atoms with E-state index in [1.54, 1.807) is 12.1 Å². The first-order valence-corrected chi connectivity index (χ1v) is 9.12. The molecule has 2 saturated carbocycles. The SMILES string of the molecule is O=C(O)c1cccc2c1N[C@@H](c1ccc(F)c(F)c1)[C@H]1[C@@H]3CC[C@H](C3)[C@H]21. The van der Waals surface area contributed by atoms with E-state index in [9.17, 15) is 18.7 Å². The highest BCUT2D eigenvalue weighted by atomic mass is 19.2. The van der Waals surface area contributed by atoms with Gasteiger partial charge in [-0.25, -0.2) is 13.6 Å². The molecule has 5 rings (SSSR count). The summed E-state index contributed by atoms with van der Waals surface area (Å²) >= 11 is 0. The molecule has 0 radical (unpaired) electrons. The van der Waals surface area contributed by atoms with Crippen molar-refractivity contribution in [1.29, 1.82) is 0 Å². The fourth-order valence-electron chi connectivity index (χ4n) is 5.73. The molecule has 0 amide bonds. The van der Waals surface area contributed by atoms with E-state index in [2.05, 4.69) is 5.32 Å². The zero-order chi connectivity index (χ0) is 18.0. The largest absolute Gasteiger partial charge is 0.478 e. The molecule has 2 bridgehead atoms. The van der Waals surface area contributed by atoms with Gasteiger partial charge in [0.05, 0.1) is 17.3 Å². The Kier molecular flexibility index (Phi) is 3.36. The Hall–Kier alpha value is -2.43. The van der Waals surface area contributed by atoms with Gasteiger partial charge in [0, 0.05) is 0 Å². The smallest absolute Gasteiger partial charge is 0.337 e. The Labute approximate surface area is 150 Å². The number of benzene rings is 2. The van der Waals surface area contributed by atoms with Crippen LogP contribution in [-0.4, -0.2) is 11.1 Å². The normalized spacial score (nSPS) is 31.2. The number of nitrogens with one attached hydrogen (secondary N) is 1. The first-order valence-electron chi connectivity index (χ1n) is 9.12. The van der Waals surface area contributed by atoms with Crippen LogP contribution >= 0.6 is 0 Å². The van der Waals surface area contributed by atoms with E-state index >= 15 is 0 Å². The van der Waals surface area contributed by atoms with Crippen LogP contribution in [0.15, 0.2) is 36.4 Å². The Morgan fingerprint density at radius 1 is 1.08 bits per heavy atom. The van der Waals surface area contributed by atoms with Gasteiger partial charge in [-0.3, -0.25) is 0 Å². The van der Waals surface area contributed by atoms with Crippen LogP contribution in [0.25, 0.3) is 0 Å². The van der Waals surface area contributed by atoms with Crippen LogP contribution in [0.5, 0.6) is 0 Å². The molecular weight excluding hydrogens is 336 g/mol. The molecular formula is C21H19F2NO2.